The Morgan fingerprint density at radius 1 is 1.07 bits per heavy atom. The average molecular weight is 389 g/mol. The number of fused-ring (bicyclic) bond motifs is 1. The third-order valence-corrected chi connectivity index (χ3v) is 4.69. The number of aryl methyl sites for hydroxylation is 2. The standard InChI is InChI=1S/C24H27N3O2/c1-5-27-15-19(20-8-6-7-9-22(20)27)14-21(24(29)25-16(2)3)26-23(28)18-12-10-17(4)11-13-18/h6-16H,5H2,1-4H3,(H,25,29)(H,26,28). The lowest BCUT2D eigenvalue weighted by Crippen LogP contribution is -2.38. The van der Waals surface area contributed by atoms with E-state index in [4.69, 9.17) is 0 Å². The molecule has 0 spiro atoms. The maximum absolute atomic E-state index is 12.8. The molecule has 0 radical (unpaired) electrons. The van der Waals surface area contributed by atoms with Gasteiger partial charge in [0.25, 0.3) is 11.8 Å². The zero-order valence-corrected chi connectivity index (χ0v) is 17.3. The molecule has 150 valence electrons. The van der Waals surface area contributed by atoms with Crippen molar-refractivity contribution in [3.05, 3.63) is 77.1 Å². The fourth-order valence-electron chi connectivity index (χ4n) is 3.21. The van der Waals surface area contributed by atoms with Crippen LogP contribution in [0.25, 0.3) is 17.0 Å². The second-order valence-corrected chi connectivity index (χ2v) is 7.39. The predicted molar refractivity (Wildman–Crippen MR) is 118 cm³/mol. The van der Waals surface area contributed by atoms with Crippen LogP contribution in [0.5, 0.6) is 0 Å². The number of nitrogens with one attached hydrogen (secondary N) is 2. The number of hydrogen-bond donors (Lipinski definition) is 2. The third kappa shape index (κ3) is 4.74. The van der Waals surface area contributed by atoms with Crippen LogP contribution in [0.1, 0.15) is 42.3 Å². The molecule has 2 aromatic carbocycles. The molecule has 0 saturated carbocycles. The first-order valence-electron chi connectivity index (χ1n) is 9.87. The first kappa shape index (κ1) is 20.4. The summed E-state index contributed by atoms with van der Waals surface area (Å²) in [5.41, 5.74) is 3.79. The van der Waals surface area contributed by atoms with Gasteiger partial charge in [-0.2, -0.15) is 0 Å². The van der Waals surface area contributed by atoms with Crippen LogP contribution >= 0.6 is 0 Å². The fourth-order valence-corrected chi connectivity index (χ4v) is 3.21. The van der Waals surface area contributed by atoms with Gasteiger partial charge in [-0.1, -0.05) is 35.9 Å². The molecule has 0 aliphatic rings. The molecule has 0 atom stereocenters. The summed E-state index contributed by atoms with van der Waals surface area (Å²) in [4.78, 5) is 25.5. The van der Waals surface area contributed by atoms with E-state index in [1.54, 1.807) is 18.2 Å². The molecule has 0 saturated heterocycles. The molecule has 0 aliphatic carbocycles. The van der Waals surface area contributed by atoms with Gasteiger partial charge in [-0.15, -0.1) is 0 Å². The van der Waals surface area contributed by atoms with Gasteiger partial charge in [-0.25, -0.2) is 0 Å². The maximum Gasteiger partial charge on any atom is 0.268 e. The summed E-state index contributed by atoms with van der Waals surface area (Å²) in [7, 11) is 0. The van der Waals surface area contributed by atoms with Crippen molar-refractivity contribution in [3.8, 4) is 0 Å². The van der Waals surface area contributed by atoms with Crippen LogP contribution < -0.4 is 10.6 Å². The van der Waals surface area contributed by atoms with E-state index in [1.165, 1.54) is 0 Å². The Morgan fingerprint density at radius 2 is 1.76 bits per heavy atom. The van der Waals surface area contributed by atoms with Gasteiger partial charge in [0.1, 0.15) is 5.70 Å². The largest absolute Gasteiger partial charge is 0.349 e. The van der Waals surface area contributed by atoms with Crippen molar-refractivity contribution >= 4 is 28.8 Å². The molecule has 1 aromatic heterocycles. The molecule has 2 amide bonds. The number of para-hydroxylation sites is 1. The van der Waals surface area contributed by atoms with Crippen molar-refractivity contribution in [2.75, 3.05) is 0 Å². The smallest absolute Gasteiger partial charge is 0.268 e. The second kappa shape index (κ2) is 8.78. The number of benzene rings is 2. The fraction of sp³-hybridized carbons (Fsp3) is 0.250. The van der Waals surface area contributed by atoms with Gasteiger partial charge in [0.15, 0.2) is 0 Å². The minimum atomic E-state index is -0.311. The first-order chi connectivity index (χ1) is 13.9. The zero-order chi connectivity index (χ0) is 21.0. The van der Waals surface area contributed by atoms with E-state index in [0.29, 0.717) is 5.56 Å². The van der Waals surface area contributed by atoms with Crippen molar-refractivity contribution in [1.29, 1.82) is 0 Å². The van der Waals surface area contributed by atoms with E-state index in [9.17, 15) is 9.59 Å². The minimum Gasteiger partial charge on any atom is -0.349 e. The Labute approximate surface area is 171 Å². The number of hydrogen-bond acceptors (Lipinski definition) is 2. The molecule has 3 rings (SSSR count). The summed E-state index contributed by atoms with van der Waals surface area (Å²) in [6, 6.07) is 15.3. The lowest BCUT2D eigenvalue weighted by molar-refractivity contribution is -0.118. The van der Waals surface area contributed by atoms with Crippen molar-refractivity contribution in [2.45, 2.75) is 40.3 Å². The first-order valence-corrected chi connectivity index (χ1v) is 9.87. The highest BCUT2D eigenvalue weighted by molar-refractivity contribution is 6.06. The topological polar surface area (TPSA) is 63.1 Å². The number of nitrogens with zero attached hydrogens (tertiary/aromatic N) is 1. The number of carbonyl (C=O) groups is 2. The maximum atomic E-state index is 12.8. The van der Waals surface area contributed by atoms with E-state index < -0.39 is 0 Å². The lowest BCUT2D eigenvalue weighted by Gasteiger charge is -2.13. The van der Waals surface area contributed by atoms with Crippen molar-refractivity contribution < 1.29 is 9.59 Å². The summed E-state index contributed by atoms with van der Waals surface area (Å²) >= 11 is 0. The van der Waals surface area contributed by atoms with Crippen molar-refractivity contribution in [3.63, 3.8) is 0 Å². The molecule has 1 heterocycles. The van der Waals surface area contributed by atoms with Crippen LogP contribution in [-0.4, -0.2) is 22.4 Å². The predicted octanol–water partition coefficient (Wildman–Crippen LogP) is 4.27. The van der Waals surface area contributed by atoms with Gasteiger partial charge >= 0.3 is 0 Å². The van der Waals surface area contributed by atoms with Crippen LogP contribution in [0.4, 0.5) is 0 Å². The van der Waals surface area contributed by atoms with Crippen LogP contribution in [0.2, 0.25) is 0 Å². The molecule has 0 fully saturated rings. The van der Waals surface area contributed by atoms with Crippen LogP contribution in [0, 0.1) is 6.92 Å². The summed E-state index contributed by atoms with van der Waals surface area (Å²) in [5.74, 6) is -0.622. The lowest BCUT2D eigenvalue weighted by atomic mass is 10.1. The van der Waals surface area contributed by atoms with Crippen LogP contribution in [0.3, 0.4) is 0 Å². The van der Waals surface area contributed by atoms with Gasteiger partial charge < -0.3 is 15.2 Å². The van der Waals surface area contributed by atoms with Gasteiger partial charge in [0, 0.05) is 40.8 Å². The molecule has 5 nitrogen and oxygen atoms in total. The van der Waals surface area contributed by atoms with E-state index in [-0.39, 0.29) is 23.6 Å². The highest BCUT2D eigenvalue weighted by Gasteiger charge is 2.17. The summed E-state index contributed by atoms with van der Waals surface area (Å²) < 4.78 is 2.13. The third-order valence-electron chi connectivity index (χ3n) is 4.69. The molecule has 0 unspecified atom stereocenters. The molecule has 2 N–H and O–H groups in total. The summed E-state index contributed by atoms with van der Waals surface area (Å²) in [5, 5.41) is 6.70. The molecular weight excluding hydrogens is 362 g/mol. The second-order valence-electron chi connectivity index (χ2n) is 7.39. The van der Waals surface area contributed by atoms with Gasteiger partial charge in [0.05, 0.1) is 0 Å². The molecule has 0 aliphatic heterocycles. The van der Waals surface area contributed by atoms with E-state index >= 15 is 0 Å². The molecule has 3 aromatic rings. The average Bonchev–Trinajstić information content (AvgIpc) is 3.05. The van der Waals surface area contributed by atoms with Crippen LogP contribution in [0.15, 0.2) is 60.4 Å². The summed E-state index contributed by atoms with van der Waals surface area (Å²) in [6.45, 7) is 8.64. The number of carbonyl (C=O) groups excluding carboxylic acids is 2. The highest BCUT2D eigenvalue weighted by Crippen LogP contribution is 2.23. The van der Waals surface area contributed by atoms with Crippen molar-refractivity contribution in [2.24, 2.45) is 0 Å². The van der Waals surface area contributed by atoms with E-state index in [0.717, 1.165) is 28.6 Å². The van der Waals surface area contributed by atoms with E-state index in [2.05, 4.69) is 28.2 Å². The van der Waals surface area contributed by atoms with Crippen LogP contribution in [-0.2, 0) is 11.3 Å². The SMILES string of the molecule is CCn1cc(C=C(NC(=O)c2ccc(C)cc2)C(=O)NC(C)C)c2ccccc21. The van der Waals surface area contributed by atoms with E-state index in [1.807, 2.05) is 57.3 Å². The molecule has 0 bridgehead atoms. The monoisotopic (exact) mass is 389 g/mol. The van der Waals surface area contributed by atoms with Gasteiger partial charge in [-0.3, -0.25) is 9.59 Å². The minimum absolute atomic E-state index is 0.0424. The Bertz CT molecular complexity index is 1060. The quantitative estimate of drug-likeness (QED) is 0.619. The van der Waals surface area contributed by atoms with Gasteiger partial charge in [0.2, 0.25) is 0 Å². The Hall–Kier alpha value is -3.34. The Kier molecular flexibility index (Phi) is 6.17. The normalized spacial score (nSPS) is 11.7. The number of rotatable bonds is 6. The Balaban J connectivity index is 2.00. The molecule has 29 heavy (non-hydrogen) atoms. The number of amides is 2. The Morgan fingerprint density at radius 3 is 2.41 bits per heavy atom. The van der Waals surface area contributed by atoms with Crippen molar-refractivity contribution in [1.82, 2.24) is 15.2 Å². The van der Waals surface area contributed by atoms with Gasteiger partial charge in [-0.05, 0) is 52.0 Å². The molecular formula is C24H27N3O2. The number of aromatic nitrogens is 1. The summed E-state index contributed by atoms with van der Waals surface area (Å²) in [6.07, 6.45) is 3.75. The molecule has 5 heteroatoms. The zero-order valence-electron chi connectivity index (χ0n) is 17.3. The highest BCUT2D eigenvalue weighted by atomic mass is 16.2.